The highest BCUT2D eigenvalue weighted by Gasteiger charge is 2.32. The average molecular weight is 462 g/mol. The second-order valence-corrected chi connectivity index (χ2v) is 7.41. The molecule has 2 aromatic carbocycles. The summed E-state index contributed by atoms with van der Waals surface area (Å²) in [6, 6.07) is 11.7. The molecule has 0 unspecified atom stereocenters. The number of nitrogens with zero attached hydrogens (tertiary/aromatic N) is 3. The summed E-state index contributed by atoms with van der Waals surface area (Å²) in [5.74, 6) is 0.348. The van der Waals surface area contributed by atoms with E-state index in [0.717, 1.165) is 4.47 Å². The number of nitro groups is 1. The molecule has 0 atom stereocenters. The smallest absolute Gasteiger partial charge is 0.276 e. The zero-order valence-corrected chi connectivity index (χ0v) is 17.5. The fraction of sp³-hybridized carbons (Fsp3) is 0.158. The standard InChI is InChI=1S/C19H16BrN3O4S/c1-21-16(18(24)22(2)19(21)28)10-13-9-14(20)6-7-17(13)27-11-12-4-3-5-15(8-12)23(25)26/h3-10H,11H2,1-2H3/b16-10-. The van der Waals surface area contributed by atoms with Gasteiger partial charge >= 0.3 is 0 Å². The van der Waals surface area contributed by atoms with E-state index in [2.05, 4.69) is 15.9 Å². The van der Waals surface area contributed by atoms with Crippen molar-refractivity contribution < 1.29 is 14.5 Å². The lowest BCUT2D eigenvalue weighted by Crippen LogP contribution is -2.26. The van der Waals surface area contributed by atoms with Gasteiger partial charge in [0, 0.05) is 36.3 Å². The lowest BCUT2D eigenvalue weighted by molar-refractivity contribution is -0.384. The third-order valence-corrected chi connectivity index (χ3v) is 5.28. The molecule has 1 heterocycles. The molecule has 2 aromatic rings. The monoisotopic (exact) mass is 461 g/mol. The minimum atomic E-state index is -0.445. The van der Waals surface area contributed by atoms with Gasteiger partial charge in [0.25, 0.3) is 11.6 Å². The molecule has 144 valence electrons. The molecular weight excluding hydrogens is 446 g/mol. The molecule has 0 aromatic heterocycles. The summed E-state index contributed by atoms with van der Waals surface area (Å²) in [6.07, 6.45) is 1.71. The normalized spacial score (nSPS) is 15.5. The minimum Gasteiger partial charge on any atom is -0.488 e. The van der Waals surface area contributed by atoms with Gasteiger partial charge in [-0.25, -0.2) is 0 Å². The molecule has 3 rings (SSSR count). The molecule has 1 saturated heterocycles. The maximum Gasteiger partial charge on any atom is 0.276 e. The largest absolute Gasteiger partial charge is 0.488 e. The quantitative estimate of drug-likeness (QED) is 0.290. The summed E-state index contributed by atoms with van der Waals surface area (Å²) in [5, 5.41) is 11.3. The number of nitro benzene ring substituents is 1. The van der Waals surface area contributed by atoms with E-state index in [1.54, 1.807) is 43.3 Å². The van der Waals surface area contributed by atoms with Crippen LogP contribution < -0.4 is 4.74 Å². The van der Waals surface area contributed by atoms with Crippen LogP contribution in [0.1, 0.15) is 11.1 Å². The number of amides is 1. The van der Waals surface area contributed by atoms with Crippen LogP contribution in [-0.2, 0) is 11.4 Å². The first-order chi connectivity index (χ1) is 13.3. The molecule has 0 spiro atoms. The molecule has 9 heteroatoms. The van der Waals surface area contributed by atoms with Crippen LogP contribution in [0.4, 0.5) is 5.69 Å². The maximum absolute atomic E-state index is 12.4. The Morgan fingerprint density at radius 3 is 2.61 bits per heavy atom. The molecule has 0 aliphatic carbocycles. The molecule has 1 aliphatic rings. The zero-order chi connectivity index (χ0) is 20.4. The lowest BCUT2D eigenvalue weighted by Gasteiger charge is -2.13. The van der Waals surface area contributed by atoms with E-state index in [9.17, 15) is 14.9 Å². The van der Waals surface area contributed by atoms with E-state index < -0.39 is 4.92 Å². The number of halogens is 1. The van der Waals surface area contributed by atoms with Gasteiger partial charge in [-0.3, -0.25) is 19.8 Å². The van der Waals surface area contributed by atoms with E-state index >= 15 is 0 Å². The number of benzene rings is 2. The average Bonchev–Trinajstić information content (AvgIpc) is 2.85. The van der Waals surface area contributed by atoms with Crippen molar-refractivity contribution in [1.82, 2.24) is 9.80 Å². The third kappa shape index (κ3) is 4.05. The van der Waals surface area contributed by atoms with Crippen molar-refractivity contribution >= 4 is 50.9 Å². The summed E-state index contributed by atoms with van der Waals surface area (Å²) in [6.45, 7) is 0.154. The highest BCUT2D eigenvalue weighted by atomic mass is 79.9. The van der Waals surface area contributed by atoms with Crippen LogP contribution in [0.15, 0.2) is 52.6 Å². The van der Waals surface area contributed by atoms with E-state index in [0.29, 0.717) is 27.7 Å². The molecule has 0 saturated carbocycles. The van der Waals surface area contributed by atoms with E-state index in [1.165, 1.54) is 17.0 Å². The zero-order valence-electron chi connectivity index (χ0n) is 15.1. The second-order valence-electron chi connectivity index (χ2n) is 6.13. The van der Waals surface area contributed by atoms with Crippen LogP contribution in [-0.4, -0.2) is 39.8 Å². The van der Waals surface area contributed by atoms with Crippen molar-refractivity contribution in [3.63, 3.8) is 0 Å². The first-order valence-corrected chi connectivity index (χ1v) is 9.41. The topological polar surface area (TPSA) is 75.9 Å². The number of hydrogen-bond acceptors (Lipinski definition) is 5. The molecular formula is C19H16BrN3O4S. The van der Waals surface area contributed by atoms with Crippen LogP contribution in [0.3, 0.4) is 0 Å². The highest BCUT2D eigenvalue weighted by molar-refractivity contribution is 9.10. The number of carbonyl (C=O) groups is 1. The van der Waals surface area contributed by atoms with Crippen molar-refractivity contribution in [2.75, 3.05) is 14.1 Å². The molecule has 1 amide bonds. The number of rotatable bonds is 5. The van der Waals surface area contributed by atoms with Crippen LogP contribution in [0.2, 0.25) is 0 Å². The SMILES string of the molecule is CN1C(=O)/C(=C/c2cc(Br)ccc2OCc2cccc([N+](=O)[O-])c2)N(C)C1=S. The Kier molecular flexibility index (Phi) is 5.76. The van der Waals surface area contributed by atoms with Crippen LogP contribution >= 0.6 is 28.1 Å². The number of hydrogen-bond donors (Lipinski definition) is 0. The molecule has 1 aliphatic heterocycles. The van der Waals surface area contributed by atoms with Crippen LogP contribution in [0.5, 0.6) is 5.75 Å². The van der Waals surface area contributed by atoms with Gasteiger partial charge < -0.3 is 9.64 Å². The Bertz CT molecular complexity index is 1010. The van der Waals surface area contributed by atoms with Crippen LogP contribution in [0.25, 0.3) is 6.08 Å². The lowest BCUT2D eigenvalue weighted by atomic mass is 10.1. The van der Waals surface area contributed by atoms with E-state index in [4.69, 9.17) is 17.0 Å². The number of ether oxygens (including phenoxy) is 1. The fourth-order valence-corrected chi connectivity index (χ4v) is 3.28. The highest BCUT2D eigenvalue weighted by Crippen LogP contribution is 2.29. The molecule has 1 fully saturated rings. The molecule has 7 nitrogen and oxygen atoms in total. The Labute approximate surface area is 175 Å². The van der Waals surface area contributed by atoms with Crippen molar-refractivity contribution in [3.05, 3.63) is 73.9 Å². The summed E-state index contributed by atoms with van der Waals surface area (Å²) in [5.41, 5.74) is 1.80. The number of thiocarbonyl (C=S) groups is 1. The Balaban J connectivity index is 1.89. The van der Waals surface area contributed by atoms with Gasteiger partial charge in [-0.05, 0) is 42.1 Å². The van der Waals surface area contributed by atoms with Gasteiger partial charge in [0.2, 0.25) is 0 Å². The summed E-state index contributed by atoms with van der Waals surface area (Å²) in [7, 11) is 3.36. The van der Waals surface area contributed by atoms with Crippen molar-refractivity contribution in [2.24, 2.45) is 0 Å². The summed E-state index contributed by atoms with van der Waals surface area (Å²) in [4.78, 5) is 25.9. The van der Waals surface area contributed by atoms with Gasteiger partial charge in [0.15, 0.2) is 5.11 Å². The van der Waals surface area contributed by atoms with Crippen molar-refractivity contribution in [1.29, 1.82) is 0 Å². The number of carbonyl (C=O) groups excluding carboxylic acids is 1. The van der Waals surface area contributed by atoms with Crippen LogP contribution in [0, 0.1) is 10.1 Å². The first kappa shape index (κ1) is 20.0. The van der Waals surface area contributed by atoms with Gasteiger partial charge in [0.05, 0.1) is 4.92 Å². The fourth-order valence-electron chi connectivity index (χ4n) is 2.72. The van der Waals surface area contributed by atoms with E-state index in [-0.39, 0.29) is 18.2 Å². The summed E-state index contributed by atoms with van der Waals surface area (Å²) >= 11 is 8.66. The van der Waals surface area contributed by atoms with Gasteiger partial charge in [-0.2, -0.15) is 0 Å². The number of non-ortho nitro benzene ring substituents is 1. The predicted octanol–water partition coefficient (Wildman–Crippen LogP) is 3.97. The Hall–Kier alpha value is -2.78. The second kappa shape index (κ2) is 8.07. The first-order valence-electron chi connectivity index (χ1n) is 8.21. The molecule has 0 bridgehead atoms. The summed E-state index contributed by atoms with van der Waals surface area (Å²) < 4.78 is 6.71. The maximum atomic E-state index is 12.4. The van der Waals surface area contributed by atoms with Crippen molar-refractivity contribution in [2.45, 2.75) is 6.61 Å². The van der Waals surface area contributed by atoms with Gasteiger partial charge in [-0.1, -0.05) is 28.1 Å². The number of likely N-dealkylation sites (N-methyl/N-ethyl adjacent to an activating group) is 2. The van der Waals surface area contributed by atoms with E-state index in [1.807, 2.05) is 12.1 Å². The predicted molar refractivity (Wildman–Crippen MR) is 113 cm³/mol. The van der Waals surface area contributed by atoms with Gasteiger partial charge in [-0.15, -0.1) is 0 Å². The molecule has 28 heavy (non-hydrogen) atoms. The van der Waals surface area contributed by atoms with Crippen molar-refractivity contribution in [3.8, 4) is 5.75 Å². The Morgan fingerprint density at radius 2 is 1.96 bits per heavy atom. The third-order valence-electron chi connectivity index (χ3n) is 4.24. The van der Waals surface area contributed by atoms with Gasteiger partial charge in [0.1, 0.15) is 18.1 Å². The molecule has 0 N–H and O–H groups in total. The molecule has 0 radical (unpaired) electrons. The Morgan fingerprint density at radius 1 is 1.21 bits per heavy atom. The minimum absolute atomic E-state index is 0.00831.